The Morgan fingerprint density at radius 3 is 1.23 bits per heavy atom. The van der Waals surface area contributed by atoms with Gasteiger partial charge in [-0.1, -0.05) is 0 Å². The molecule has 0 aromatic carbocycles. The molecule has 2 N–H and O–H groups in total. The first-order valence-electron chi connectivity index (χ1n) is 7.85. The van der Waals surface area contributed by atoms with Crippen LogP contribution in [-0.4, -0.2) is 79.1 Å². The van der Waals surface area contributed by atoms with E-state index in [9.17, 15) is 0 Å². The van der Waals surface area contributed by atoms with Crippen molar-refractivity contribution in [2.24, 2.45) is 0 Å². The summed E-state index contributed by atoms with van der Waals surface area (Å²) >= 11 is 0. The van der Waals surface area contributed by atoms with Gasteiger partial charge in [0, 0.05) is 81.2 Å². The van der Waals surface area contributed by atoms with Crippen molar-refractivity contribution in [1.82, 2.24) is 19.9 Å². The number of H-pyrrole nitrogens is 2. The van der Waals surface area contributed by atoms with Crippen LogP contribution in [0.1, 0.15) is 22.8 Å². The Morgan fingerprint density at radius 2 is 0.808 bits per heavy atom. The minimum atomic E-state index is 0. The molecule has 8 bridgehead atoms. The van der Waals surface area contributed by atoms with Crippen molar-refractivity contribution >= 4 is 105 Å². The van der Waals surface area contributed by atoms with Gasteiger partial charge in [0.1, 0.15) is 0 Å². The fraction of sp³-hybridized carbons (Fsp3) is 0. The second-order valence-corrected chi connectivity index (χ2v) is 5.91. The maximum absolute atomic E-state index is 4.62. The van der Waals surface area contributed by atoms with Gasteiger partial charge < -0.3 is 9.97 Å². The summed E-state index contributed by atoms with van der Waals surface area (Å²) in [6.07, 6.45) is 8.05. The van der Waals surface area contributed by atoms with Crippen molar-refractivity contribution in [2.45, 2.75) is 0 Å². The molecule has 26 heavy (non-hydrogen) atoms. The van der Waals surface area contributed by atoms with Gasteiger partial charge in [-0.05, 0) is 72.8 Å². The summed E-state index contributed by atoms with van der Waals surface area (Å²) in [7, 11) is 0. The molecular weight excluding hydrogens is 342 g/mol. The van der Waals surface area contributed by atoms with Crippen LogP contribution in [0, 0.1) is 0 Å². The van der Waals surface area contributed by atoms with Crippen LogP contribution < -0.4 is 0 Å². The first-order chi connectivity index (χ1) is 11.8. The van der Waals surface area contributed by atoms with Gasteiger partial charge >= 0.3 is 0 Å². The zero-order chi connectivity index (χ0) is 15.9. The molecule has 116 valence electrons. The van der Waals surface area contributed by atoms with E-state index in [0.29, 0.717) is 0 Å². The fourth-order valence-electron chi connectivity index (χ4n) is 2.94. The van der Waals surface area contributed by atoms with Crippen molar-refractivity contribution in [1.29, 1.82) is 0 Å². The average Bonchev–Trinajstić information content (AvgIpc) is 3.32. The van der Waals surface area contributed by atoms with Gasteiger partial charge in [-0.3, -0.25) is 0 Å². The minimum Gasteiger partial charge on any atom is -0.355 e. The van der Waals surface area contributed by atoms with Crippen LogP contribution in [0.4, 0.5) is 0 Å². The Kier molecular flexibility index (Phi) is 6.03. The van der Waals surface area contributed by atoms with Gasteiger partial charge in [0.25, 0.3) is 0 Å². The Morgan fingerprint density at radius 1 is 0.462 bits per heavy atom. The van der Waals surface area contributed by atoms with Gasteiger partial charge in [-0.25, -0.2) is 9.97 Å². The third-order valence-electron chi connectivity index (χ3n) is 4.04. The van der Waals surface area contributed by atoms with E-state index in [1.165, 1.54) is 0 Å². The van der Waals surface area contributed by atoms with E-state index in [4.69, 9.17) is 0 Å². The molecule has 3 aromatic rings. The first kappa shape index (κ1) is 19.4. The zero-order valence-corrected chi connectivity index (χ0v) is 18.8. The summed E-state index contributed by atoms with van der Waals surface area (Å²) in [6.45, 7) is 0. The topological polar surface area (TPSA) is 57.4 Å². The van der Waals surface area contributed by atoms with Crippen molar-refractivity contribution < 1.29 is 0 Å². The van der Waals surface area contributed by atoms with Crippen LogP contribution in [0.15, 0.2) is 48.5 Å². The number of aromatic nitrogens is 4. The van der Waals surface area contributed by atoms with E-state index in [1.54, 1.807) is 0 Å². The van der Waals surface area contributed by atoms with Gasteiger partial charge in [-0.2, -0.15) is 0 Å². The van der Waals surface area contributed by atoms with E-state index in [1.807, 2.05) is 42.5 Å². The Labute approximate surface area is 195 Å². The smallest absolute Gasteiger partial charge is 0.0659 e. The number of hydrogen-bond donors (Lipinski definition) is 2. The second kappa shape index (κ2) is 8.09. The molecule has 0 spiro atoms. The molecule has 4 nitrogen and oxygen atoms in total. The summed E-state index contributed by atoms with van der Waals surface area (Å²) in [5.74, 6) is 0. The summed E-state index contributed by atoms with van der Waals surface area (Å²) in [5, 5.41) is 0. The molecular formula is C20H14N4Na2. The van der Waals surface area contributed by atoms with Crippen LogP contribution in [0.3, 0.4) is 0 Å². The van der Waals surface area contributed by atoms with E-state index in [-0.39, 0.29) is 59.1 Å². The third-order valence-corrected chi connectivity index (χ3v) is 4.04. The normalized spacial score (nSPS) is 11.7. The summed E-state index contributed by atoms with van der Waals surface area (Å²) in [5.41, 5.74) is 7.86. The number of hydrogen-bond acceptors (Lipinski definition) is 2. The van der Waals surface area contributed by atoms with Crippen molar-refractivity contribution in [3.8, 4) is 0 Å². The maximum atomic E-state index is 4.62. The molecule has 0 aliphatic carbocycles. The Balaban J connectivity index is 0.000000980. The van der Waals surface area contributed by atoms with Crippen LogP contribution in [-0.2, 0) is 0 Å². The molecule has 2 radical (unpaired) electrons. The van der Waals surface area contributed by atoms with E-state index >= 15 is 0 Å². The van der Waals surface area contributed by atoms with Crippen molar-refractivity contribution in [3.63, 3.8) is 0 Å². The predicted octanol–water partition coefficient (Wildman–Crippen LogP) is 3.89. The molecule has 0 saturated carbocycles. The maximum Gasteiger partial charge on any atom is 0.0659 e. The minimum absolute atomic E-state index is 0. The molecule has 0 saturated heterocycles. The van der Waals surface area contributed by atoms with E-state index < -0.39 is 0 Å². The van der Waals surface area contributed by atoms with Crippen LogP contribution in [0.2, 0.25) is 0 Å². The second-order valence-electron chi connectivity index (χ2n) is 5.91. The number of nitrogens with one attached hydrogen (secondary N) is 2. The van der Waals surface area contributed by atoms with Gasteiger partial charge in [0.2, 0.25) is 0 Å². The van der Waals surface area contributed by atoms with E-state index in [0.717, 1.165) is 44.8 Å². The summed E-state index contributed by atoms with van der Waals surface area (Å²) in [6, 6.07) is 16.4. The molecule has 5 heterocycles. The van der Waals surface area contributed by atoms with Crippen molar-refractivity contribution in [3.05, 3.63) is 71.3 Å². The van der Waals surface area contributed by atoms with Crippen LogP contribution in [0.25, 0.3) is 46.4 Å². The molecule has 0 unspecified atom stereocenters. The molecule has 2 aliphatic rings. The summed E-state index contributed by atoms with van der Waals surface area (Å²) < 4.78 is 0. The fourth-order valence-corrected chi connectivity index (χ4v) is 2.94. The molecule has 2 aliphatic heterocycles. The summed E-state index contributed by atoms with van der Waals surface area (Å²) in [4.78, 5) is 16.0. The molecule has 0 amide bonds. The average molecular weight is 356 g/mol. The number of rotatable bonds is 0. The standard InChI is InChI=1S/C20H14N4.2Na/c1-2-14-10-16-5-6-18(23-16)12-20-8-7-19(24-20)11-17-4-3-15(22-17)9-13(1)21-14;;/h1-12,21-22H;;. The largest absolute Gasteiger partial charge is 0.355 e. The zero-order valence-electron chi connectivity index (χ0n) is 14.8. The van der Waals surface area contributed by atoms with Crippen molar-refractivity contribution in [2.75, 3.05) is 0 Å². The molecule has 3 aromatic heterocycles. The monoisotopic (exact) mass is 356 g/mol. The van der Waals surface area contributed by atoms with Crippen LogP contribution >= 0.6 is 0 Å². The van der Waals surface area contributed by atoms with E-state index in [2.05, 4.69) is 50.3 Å². The van der Waals surface area contributed by atoms with Gasteiger partial charge in [-0.15, -0.1) is 0 Å². The molecule has 5 rings (SSSR count). The number of aromatic amines is 2. The molecule has 0 atom stereocenters. The van der Waals surface area contributed by atoms with Gasteiger partial charge in [0.05, 0.1) is 22.8 Å². The quantitative estimate of drug-likeness (QED) is 0.414. The number of nitrogens with zero attached hydrogens (tertiary/aromatic N) is 2. The Hall–Kier alpha value is -1.40. The Bertz CT molecular complexity index is 1080. The predicted molar refractivity (Wildman–Crippen MR) is 110 cm³/mol. The third kappa shape index (κ3) is 4.12. The first-order valence-corrected chi connectivity index (χ1v) is 7.85. The SMILES string of the molecule is C1=Cc2cc3ccc(cc4ccc(cc5nc(cc1n2)C=C5)[nH]4)[nH]3.[Na].[Na]. The molecule has 6 heteroatoms. The number of fused-ring (bicyclic) bond motifs is 8. The van der Waals surface area contributed by atoms with Crippen LogP contribution in [0.5, 0.6) is 0 Å². The molecule has 0 fully saturated rings. The van der Waals surface area contributed by atoms with Gasteiger partial charge in [0.15, 0.2) is 0 Å².